The summed E-state index contributed by atoms with van der Waals surface area (Å²) in [6, 6.07) is 10.1. The van der Waals surface area contributed by atoms with Crippen molar-refractivity contribution in [3.8, 4) is 5.75 Å². The molecular formula is C21H33IN4O2. The Morgan fingerprint density at radius 3 is 2.50 bits per heavy atom. The molecule has 2 aromatic rings. The first-order valence-electron chi connectivity index (χ1n) is 9.71. The van der Waals surface area contributed by atoms with Gasteiger partial charge in [0.15, 0.2) is 11.7 Å². The van der Waals surface area contributed by atoms with Crippen molar-refractivity contribution in [3.05, 3.63) is 47.3 Å². The minimum atomic E-state index is 0. The lowest BCUT2D eigenvalue weighted by Gasteiger charge is -2.13. The fraction of sp³-hybridized carbons (Fsp3) is 0.524. The zero-order chi connectivity index (χ0) is 19.6. The zero-order valence-corrected chi connectivity index (χ0v) is 19.8. The van der Waals surface area contributed by atoms with Crippen LogP contribution in [0.2, 0.25) is 0 Å². The summed E-state index contributed by atoms with van der Waals surface area (Å²) >= 11 is 0. The number of aromatic nitrogens is 1. The van der Waals surface area contributed by atoms with Crippen molar-refractivity contribution in [2.45, 2.75) is 65.6 Å². The Kier molecular flexibility index (Phi) is 11.0. The molecule has 0 amide bonds. The summed E-state index contributed by atoms with van der Waals surface area (Å²) in [5.74, 6) is 2.86. The fourth-order valence-electron chi connectivity index (χ4n) is 2.89. The number of aliphatic imine (C=N–C) groups is 1. The number of hydrogen-bond acceptors (Lipinski definition) is 4. The van der Waals surface area contributed by atoms with Crippen LogP contribution in [-0.2, 0) is 13.1 Å². The lowest BCUT2D eigenvalue weighted by molar-refractivity contribution is 0.242. The van der Waals surface area contributed by atoms with Gasteiger partial charge in [0.05, 0.1) is 18.3 Å². The van der Waals surface area contributed by atoms with Crippen LogP contribution in [0.1, 0.15) is 63.5 Å². The van der Waals surface area contributed by atoms with Crippen LogP contribution in [0.5, 0.6) is 5.75 Å². The van der Waals surface area contributed by atoms with Crippen molar-refractivity contribution in [3.63, 3.8) is 0 Å². The summed E-state index contributed by atoms with van der Waals surface area (Å²) in [6.45, 7) is 9.60. The quantitative estimate of drug-likeness (QED) is 0.293. The Bertz CT molecular complexity index is 727. The van der Waals surface area contributed by atoms with E-state index in [0.29, 0.717) is 25.0 Å². The molecule has 2 rings (SSSR count). The van der Waals surface area contributed by atoms with Gasteiger partial charge < -0.3 is 19.9 Å². The second-order valence-electron chi connectivity index (χ2n) is 6.82. The van der Waals surface area contributed by atoms with Crippen molar-refractivity contribution in [2.75, 3.05) is 7.05 Å². The Morgan fingerprint density at radius 1 is 1.14 bits per heavy atom. The molecule has 28 heavy (non-hydrogen) atoms. The first-order chi connectivity index (χ1) is 13.0. The van der Waals surface area contributed by atoms with Crippen LogP contribution in [0, 0.1) is 0 Å². The van der Waals surface area contributed by atoms with Crippen molar-refractivity contribution in [1.29, 1.82) is 0 Å². The molecule has 2 N–H and O–H groups in total. The number of rotatable bonds is 9. The molecule has 6 nitrogen and oxygen atoms in total. The number of nitrogens with one attached hydrogen (secondary N) is 2. The summed E-state index contributed by atoms with van der Waals surface area (Å²) in [5.41, 5.74) is 2.16. The molecule has 0 bridgehead atoms. The van der Waals surface area contributed by atoms with Crippen LogP contribution in [0.15, 0.2) is 39.8 Å². The van der Waals surface area contributed by atoms with E-state index < -0.39 is 0 Å². The van der Waals surface area contributed by atoms with E-state index in [4.69, 9.17) is 9.26 Å². The molecule has 1 heterocycles. The van der Waals surface area contributed by atoms with Gasteiger partial charge in [-0.15, -0.1) is 24.0 Å². The molecule has 1 aromatic heterocycles. The maximum Gasteiger partial charge on any atom is 0.191 e. The molecule has 0 radical (unpaired) electrons. The monoisotopic (exact) mass is 500 g/mol. The van der Waals surface area contributed by atoms with E-state index in [-0.39, 0.29) is 30.1 Å². The minimum Gasteiger partial charge on any atom is -0.491 e. The van der Waals surface area contributed by atoms with Crippen molar-refractivity contribution >= 4 is 29.9 Å². The lowest BCUT2D eigenvalue weighted by atomic mass is 9.99. The number of ether oxygens (including phenoxy) is 1. The van der Waals surface area contributed by atoms with Gasteiger partial charge in [0.1, 0.15) is 5.75 Å². The van der Waals surface area contributed by atoms with Crippen molar-refractivity contribution in [1.82, 2.24) is 15.8 Å². The molecular weight excluding hydrogens is 467 g/mol. The third-order valence-electron chi connectivity index (χ3n) is 4.36. The minimum absolute atomic E-state index is 0. The second-order valence-corrected chi connectivity index (χ2v) is 6.82. The molecule has 0 fully saturated rings. The fourth-order valence-corrected chi connectivity index (χ4v) is 2.89. The molecule has 0 aliphatic heterocycles. The first kappa shape index (κ1) is 24.3. The number of hydrogen-bond donors (Lipinski definition) is 2. The van der Waals surface area contributed by atoms with E-state index in [2.05, 4.69) is 40.7 Å². The Morgan fingerprint density at radius 2 is 1.86 bits per heavy atom. The van der Waals surface area contributed by atoms with E-state index in [0.717, 1.165) is 35.6 Å². The number of benzene rings is 1. The van der Waals surface area contributed by atoms with E-state index in [1.54, 1.807) is 7.05 Å². The predicted molar refractivity (Wildman–Crippen MR) is 124 cm³/mol. The van der Waals surface area contributed by atoms with Gasteiger partial charge in [-0.2, -0.15) is 0 Å². The molecule has 1 aromatic carbocycles. The number of guanidine groups is 1. The summed E-state index contributed by atoms with van der Waals surface area (Å²) < 4.78 is 11.2. The van der Waals surface area contributed by atoms with E-state index in [1.807, 2.05) is 38.1 Å². The molecule has 0 saturated carbocycles. The Labute approximate surface area is 185 Å². The van der Waals surface area contributed by atoms with Crippen LogP contribution >= 0.6 is 24.0 Å². The predicted octanol–water partition coefficient (Wildman–Crippen LogP) is 4.85. The summed E-state index contributed by atoms with van der Waals surface area (Å²) in [6.07, 6.45) is 2.30. The highest BCUT2D eigenvalue weighted by molar-refractivity contribution is 14.0. The van der Waals surface area contributed by atoms with Gasteiger partial charge in [-0.05, 0) is 44.4 Å². The molecule has 0 unspecified atom stereocenters. The standard InChI is InChI=1S/C21H32N4O2.HI/c1-6-17(7-2)20-12-19(27-25-20)14-24-21(22-5)23-13-16-9-8-10-18(11-16)26-15(3)4;/h8-12,15,17H,6-7,13-14H2,1-5H3,(H2,22,23,24);1H. The van der Waals surface area contributed by atoms with E-state index in [9.17, 15) is 0 Å². The molecule has 0 atom stereocenters. The van der Waals surface area contributed by atoms with Gasteiger partial charge >= 0.3 is 0 Å². The van der Waals surface area contributed by atoms with Gasteiger partial charge in [0.25, 0.3) is 0 Å². The normalized spacial score (nSPS) is 11.5. The van der Waals surface area contributed by atoms with Crippen LogP contribution in [-0.4, -0.2) is 24.3 Å². The molecule has 0 spiro atoms. The van der Waals surface area contributed by atoms with Crippen molar-refractivity contribution in [2.24, 2.45) is 4.99 Å². The summed E-state index contributed by atoms with van der Waals surface area (Å²) in [4.78, 5) is 4.26. The van der Waals surface area contributed by atoms with Crippen LogP contribution < -0.4 is 15.4 Å². The lowest BCUT2D eigenvalue weighted by Crippen LogP contribution is -2.36. The second kappa shape index (κ2) is 12.6. The number of halogens is 1. The molecule has 7 heteroatoms. The van der Waals surface area contributed by atoms with E-state index >= 15 is 0 Å². The van der Waals surface area contributed by atoms with Gasteiger partial charge in [-0.25, -0.2) is 0 Å². The van der Waals surface area contributed by atoms with Crippen LogP contribution in [0.3, 0.4) is 0 Å². The van der Waals surface area contributed by atoms with Gasteiger partial charge in [0.2, 0.25) is 0 Å². The highest BCUT2D eigenvalue weighted by Crippen LogP contribution is 2.22. The van der Waals surface area contributed by atoms with Gasteiger partial charge in [-0.1, -0.05) is 31.1 Å². The highest BCUT2D eigenvalue weighted by Gasteiger charge is 2.13. The Balaban J connectivity index is 0.00000392. The first-order valence-corrected chi connectivity index (χ1v) is 9.71. The van der Waals surface area contributed by atoms with Crippen LogP contribution in [0.25, 0.3) is 0 Å². The SMILES string of the molecule is CCC(CC)c1cc(CNC(=NC)NCc2cccc(OC(C)C)c2)on1.I. The van der Waals surface area contributed by atoms with Crippen LogP contribution in [0.4, 0.5) is 0 Å². The average molecular weight is 500 g/mol. The average Bonchev–Trinajstić information content (AvgIpc) is 3.11. The largest absolute Gasteiger partial charge is 0.491 e. The smallest absolute Gasteiger partial charge is 0.191 e. The topological polar surface area (TPSA) is 71.7 Å². The number of nitrogens with zero attached hydrogens (tertiary/aromatic N) is 2. The molecule has 0 aliphatic carbocycles. The molecule has 0 saturated heterocycles. The van der Waals surface area contributed by atoms with Gasteiger partial charge in [-0.3, -0.25) is 4.99 Å². The van der Waals surface area contributed by atoms with E-state index in [1.165, 1.54) is 0 Å². The molecule has 156 valence electrons. The highest BCUT2D eigenvalue weighted by atomic mass is 127. The third-order valence-corrected chi connectivity index (χ3v) is 4.36. The maximum atomic E-state index is 5.74. The van der Waals surface area contributed by atoms with Crippen molar-refractivity contribution < 1.29 is 9.26 Å². The summed E-state index contributed by atoms with van der Waals surface area (Å²) in [5, 5.41) is 10.8. The summed E-state index contributed by atoms with van der Waals surface area (Å²) in [7, 11) is 1.75. The maximum absolute atomic E-state index is 5.74. The Hall–Kier alpha value is -1.77. The molecule has 0 aliphatic rings. The zero-order valence-electron chi connectivity index (χ0n) is 17.5. The third kappa shape index (κ3) is 7.69. The van der Waals surface area contributed by atoms with Gasteiger partial charge in [0, 0.05) is 25.6 Å².